The molecule has 1 fully saturated rings. The van der Waals surface area contributed by atoms with Crippen molar-refractivity contribution in [1.29, 1.82) is 0 Å². The SMILES string of the molecule is CC(C)N1CCC(Cc2nc(N)no2)C1. The predicted molar refractivity (Wildman–Crippen MR) is 57.2 cm³/mol. The van der Waals surface area contributed by atoms with Crippen molar-refractivity contribution in [3.8, 4) is 0 Å². The Bertz CT molecular complexity index is 323. The van der Waals surface area contributed by atoms with Gasteiger partial charge in [-0.3, -0.25) is 0 Å². The lowest BCUT2D eigenvalue weighted by atomic mass is 10.1. The van der Waals surface area contributed by atoms with Crippen LogP contribution in [-0.4, -0.2) is 34.2 Å². The van der Waals surface area contributed by atoms with Crippen molar-refractivity contribution in [2.75, 3.05) is 18.8 Å². The van der Waals surface area contributed by atoms with E-state index >= 15 is 0 Å². The fourth-order valence-corrected chi connectivity index (χ4v) is 2.10. The first-order chi connectivity index (χ1) is 7.15. The third-order valence-electron chi connectivity index (χ3n) is 2.99. The minimum atomic E-state index is 0.240. The molecule has 1 atom stereocenters. The van der Waals surface area contributed by atoms with Crippen LogP contribution >= 0.6 is 0 Å². The predicted octanol–water partition coefficient (Wildman–Crippen LogP) is 0.925. The van der Waals surface area contributed by atoms with E-state index in [1.54, 1.807) is 0 Å². The van der Waals surface area contributed by atoms with Gasteiger partial charge in [-0.1, -0.05) is 0 Å². The Hall–Kier alpha value is -1.10. The van der Waals surface area contributed by atoms with Crippen LogP contribution < -0.4 is 5.73 Å². The highest BCUT2D eigenvalue weighted by Gasteiger charge is 2.25. The van der Waals surface area contributed by atoms with Crippen molar-refractivity contribution < 1.29 is 4.52 Å². The maximum Gasteiger partial charge on any atom is 0.260 e. The number of aromatic nitrogens is 2. The second kappa shape index (κ2) is 4.18. The first-order valence-corrected chi connectivity index (χ1v) is 5.47. The van der Waals surface area contributed by atoms with Gasteiger partial charge in [-0.15, -0.1) is 0 Å². The molecule has 1 aromatic heterocycles. The Balaban J connectivity index is 1.87. The van der Waals surface area contributed by atoms with Gasteiger partial charge in [0.05, 0.1) is 0 Å². The van der Waals surface area contributed by atoms with Gasteiger partial charge in [0.2, 0.25) is 5.89 Å². The molecule has 1 saturated heterocycles. The van der Waals surface area contributed by atoms with Crippen LogP contribution in [0.3, 0.4) is 0 Å². The number of hydrogen-bond donors (Lipinski definition) is 1. The minimum absolute atomic E-state index is 0.240. The van der Waals surface area contributed by atoms with Crippen LogP contribution in [0.4, 0.5) is 5.95 Å². The van der Waals surface area contributed by atoms with Crippen molar-refractivity contribution in [1.82, 2.24) is 15.0 Å². The molecule has 1 unspecified atom stereocenters. The lowest BCUT2D eigenvalue weighted by molar-refractivity contribution is 0.260. The van der Waals surface area contributed by atoms with Gasteiger partial charge in [-0.25, -0.2) is 0 Å². The quantitative estimate of drug-likeness (QED) is 0.803. The Morgan fingerprint density at radius 2 is 2.40 bits per heavy atom. The van der Waals surface area contributed by atoms with Crippen LogP contribution in [0.1, 0.15) is 26.2 Å². The Kier molecular flexibility index (Phi) is 2.90. The number of nitrogens with two attached hydrogens (primary N) is 1. The number of likely N-dealkylation sites (tertiary alicyclic amines) is 1. The molecule has 0 saturated carbocycles. The summed E-state index contributed by atoms with van der Waals surface area (Å²) in [6.07, 6.45) is 2.06. The lowest BCUT2D eigenvalue weighted by Crippen LogP contribution is -2.28. The van der Waals surface area contributed by atoms with Crippen LogP contribution in [0.2, 0.25) is 0 Å². The summed E-state index contributed by atoms with van der Waals surface area (Å²) < 4.78 is 5.02. The third-order valence-corrected chi connectivity index (χ3v) is 2.99. The first kappa shape index (κ1) is 10.4. The average molecular weight is 210 g/mol. The molecule has 2 N–H and O–H groups in total. The summed E-state index contributed by atoms with van der Waals surface area (Å²) >= 11 is 0. The van der Waals surface area contributed by atoms with Gasteiger partial charge in [0.15, 0.2) is 0 Å². The molecule has 1 aromatic rings. The summed E-state index contributed by atoms with van der Waals surface area (Å²) in [5.74, 6) is 1.54. The molecule has 2 rings (SSSR count). The number of nitrogens with zero attached hydrogens (tertiary/aromatic N) is 3. The van der Waals surface area contributed by atoms with E-state index in [0.29, 0.717) is 17.9 Å². The van der Waals surface area contributed by atoms with Crippen molar-refractivity contribution in [2.24, 2.45) is 5.92 Å². The molecule has 5 nitrogen and oxygen atoms in total. The Labute approximate surface area is 89.6 Å². The van der Waals surface area contributed by atoms with Gasteiger partial charge >= 0.3 is 0 Å². The van der Waals surface area contributed by atoms with E-state index in [1.165, 1.54) is 13.0 Å². The smallest absolute Gasteiger partial charge is 0.260 e. The molecule has 15 heavy (non-hydrogen) atoms. The highest BCUT2D eigenvalue weighted by molar-refractivity contribution is 5.10. The molecule has 1 aliphatic heterocycles. The van der Waals surface area contributed by atoms with Crippen LogP contribution in [0, 0.1) is 5.92 Å². The summed E-state index contributed by atoms with van der Waals surface area (Å²) in [7, 11) is 0. The molecule has 0 radical (unpaired) electrons. The number of nitrogen functional groups attached to an aromatic ring is 1. The fraction of sp³-hybridized carbons (Fsp3) is 0.800. The zero-order valence-electron chi connectivity index (χ0n) is 9.31. The molecular formula is C10H18N4O. The second-order valence-corrected chi connectivity index (χ2v) is 4.49. The van der Waals surface area contributed by atoms with Crippen LogP contribution in [0.25, 0.3) is 0 Å². The van der Waals surface area contributed by atoms with Gasteiger partial charge in [-0.2, -0.15) is 4.98 Å². The molecule has 1 aliphatic rings. The molecule has 0 bridgehead atoms. The lowest BCUT2D eigenvalue weighted by Gasteiger charge is -2.19. The molecule has 2 heterocycles. The monoisotopic (exact) mass is 210 g/mol. The van der Waals surface area contributed by atoms with Gasteiger partial charge < -0.3 is 15.2 Å². The molecule has 0 spiro atoms. The van der Waals surface area contributed by atoms with Crippen molar-refractivity contribution in [2.45, 2.75) is 32.7 Å². The van der Waals surface area contributed by atoms with Gasteiger partial charge in [0, 0.05) is 19.0 Å². The van der Waals surface area contributed by atoms with E-state index in [9.17, 15) is 0 Å². The van der Waals surface area contributed by atoms with E-state index in [2.05, 4.69) is 28.9 Å². The van der Waals surface area contributed by atoms with Gasteiger partial charge in [0.25, 0.3) is 5.95 Å². The van der Waals surface area contributed by atoms with E-state index in [1.807, 2.05) is 0 Å². The van der Waals surface area contributed by atoms with Crippen LogP contribution in [-0.2, 0) is 6.42 Å². The Morgan fingerprint density at radius 3 is 2.93 bits per heavy atom. The number of hydrogen-bond acceptors (Lipinski definition) is 5. The second-order valence-electron chi connectivity index (χ2n) is 4.49. The largest absolute Gasteiger partial charge is 0.365 e. The average Bonchev–Trinajstić information content (AvgIpc) is 2.76. The van der Waals surface area contributed by atoms with Gasteiger partial charge in [0.1, 0.15) is 0 Å². The summed E-state index contributed by atoms with van der Waals surface area (Å²) in [6, 6.07) is 0.628. The van der Waals surface area contributed by atoms with E-state index < -0.39 is 0 Å². The van der Waals surface area contributed by atoms with E-state index in [-0.39, 0.29) is 5.95 Å². The van der Waals surface area contributed by atoms with E-state index in [4.69, 9.17) is 10.3 Å². The third kappa shape index (κ3) is 2.47. The Morgan fingerprint density at radius 1 is 1.60 bits per heavy atom. The molecular weight excluding hydrogens is 192 g/mol. The topological polar surface area (TPSA) is 68.2 Å². The molecule has 0 amide bonds. The zero-order valence-corrected chi connectivity index (χ0v) is 9.31. The normalized spacial score (nSPS) is 22.7. The fourth-order valence-electron chi connectivity index (χ4n) is 2.10. The van der Waals surface area contributed by atoms with E-state index in [0.717, 1.165) is 13.0 Å². The molecule has 0 aromatic carbocycles. The highest BCUT2D eigenvalue weighted by Crippen LogP contribution is 2.21. The maximum absolute atomic E-state index is 5.40. The van der Waals surface area contributed by atoms with Crippen LogP contribution in [0.5, 0.6) is 0 Å². The summed E-state index contributed by atoms with van der Waals surface area (Å²) in [5, 5.41) is 3.59. The van der Waals surface area contributed by atoms with Crippen molar-refractivity contribution in [3.05, 3.63) is 5.89 Å². The first-order valence-electron chi connectivity index (χ1n) is 5.47. The van der Waals surface area contributed by atoms with Crippen molar-refractivity contribution >= 4 is 5.95 Å². The summed E-state index contributed by atoms with van der Waals surface area (Å²) in [4.78, 5) is 6.50. The summed E-state index contributed by atoms with van der Waals surface area (Å²) in [5.41, 5.74) is 5.40. The zero-order chi connectivity index (χ0) is 10.8. The molecule has 0 aliphatic carbocycles. The van der Waals surface area contributed by atoms with Crippen molar-refractivity contribution in [3.63, 3.8) is 0 Å². The minimum Gasteiger partial charge on any atom is -0.365 e. The summed E-state index contributed by atoms with van der Waals surface area (Å²) in [6.45, 7) is 6.76. The maximum atomic E-state index is 5.40. The number of anilines is 1. The standard InChI is InChI=1S/C10H18N4O/c1-7(2)14-4-3-8(6-14)5-9-12-10(11)13-15-9/h7-8H,3-6H2,1-2H3,(H2,11,13). The molecule has 5 heteroatoms. The molecule has 84 valence electrons. The van der Waals surface area contributed by atoms with Crippen LogP contribution in [0.15, 0.2) is 4.52 Å². The number of rotatable bonds is 3. The van der Waals surface area contributed by atoms with Gasteiger partial charge in [-0.05, 0) is 37.9 Å². The highest BCUT2D eigenvalue weighted by atomic mass is 16.5.